The number of hydrogen-bond donors (Lipinski definition) is 1. The number of nitrogens with one attached hydrogen (secondary N) is 1. The van der Waals surface area contributed by atoms with Crippen LogP contribution in [0.5, 0.6) is 0 Å². The molecular weight excluding hydrogens is 206 g/mol. The van der Waals surface area contributed by atoms with Gasteiger partial charge in [-0.15, -0.1) is 0 Å². The molecule has 0 bridgehead atoms. The van der Waals surface area contributed by atoms with Crippen LogP contribution < -0.4 is 5.32 Å². The molecule has 1 nitrogen and oxygen atoms in total. The second-order valence-electron chi connectivity index (χ2n) is 5.75. The van der Waals surface area contributed by atoms with Crippen LogP contribution in [0, 0.1) is 11.8 Å². The average Bonchev–Trinajstić information content (AvgIpc) is 2.76. The lowest BCUT2D eigenvalue weighted by molar-refractivity contribution is 0.462. The van der Waals surface area contributed by atoms with Crippen LogP contribution in [0.2, 0.25) is 0 Å². The van der Waals surface area contributed by atoms with E-state index in [4.69, 9.17) is 0 Å². The highest BCUT2D eigenvalue weighted by Gasteiger charge is 2.20. The summed E-state index contributed by atoms with van der Waals surface area (Å²) in [5.41, 5.74) is 1.44. The predicted octanol–water partition coefficient (Wildman–Crippen LogP) is 3.82. The van der Waals surface area contributed by atoms with Gasteiger partial charge < -0.3 is 5.32 Å². The third-order valence-corrected chi connectivity index (χ3v) is 4.06. The van der Waals surface area contributed by atoms with E-state index < -0.39 is 0 Å². The topological polar surface area (TPSA) is 12.0 Å². The predicted molar refractivity (Wildman–Crippen MR) is 74.2 cm³/mol. The van der Waals surface area contributed by atoms with Gasteiger partial charge in [0.25, 0.3) is 0 Å². The SMILES string of the molecule is CC1CCC(CNCC(C)c2ccccc2)C1. The van der Waals surface area contributed by atoms with Gasteiger partial charge >= 0.3 is 0 Å². The highest BCUT2D eigenvalue weighted by molar-refractivity contribution is 5.18. The Morgan fingerprint density at radius 2 is 2.00 bits per heavy atom. The zero-order chi connectivity index (χ0) is 12.1. The maximum atomic E-state index is 3.65. The van der Waals surface area contributed by atoms with Crippen LogP contribution in [-0.2, 0) is 0 Å². The van der Waals surface area contributed by atoms with Crippen LogP contribution in [0.3, 0.4) is 0 Å². The molecule has 1 aromatic carbocycles. The molecule has 1 saturated carbocycles. The molecule has 0 aromatic heterocycles. The molecule has 0 spiro atoms. The van der Waals surface area contributed by atoms with Crippen molar-refractivity contribution in [2.24, 2.45) is 11.8 Å². The second kappa shape index (κ2) is 6.20. The second-order valence-corrected chi connectivity index (χ2v) is 5.75. The van der Waals surface area contributed by atoms with Gasteiger partial charge in [-0.05, 0) is 42.7 Å². The summed E-state index contributed by atoms with van der Waals surface area (Å²) in [6, 6.07) is 10.8. The molecule has 0 radical (unpaired) electrons. The summed E-state index contributed by atoms with van der Waals surface area (Å²) in [7, 11) is 0. The van der Waals surface area contributed by atoms with E-state index >= 15 is 0 Å². The largest absolute Gasteiger partial charge is 0.316 e. The Labute approximate surface area is 106 Å². The van der Waals surface area contributed by atoms with Crippen LogP contribution in [0.4, 0.5) is 0 Å². The fourth-order valence-electron chi connectivity index (χ4n) is 2.91. The van der Waals surface area contributed by atoms with Crippen LogP contribution in [0.25, 0.3) is 0 Å². The molecular formula is C16H25N. The highest BCUT2D eigenvalue weighted by atomic mass is 14.9. The zero-order valence-corrected chi connectivity index (χ0v) is 11.2. The Morgan fingerprint density at radius 3 is 2.65 bits per heavy atom. The van der Waals surface area contributed by atoms with Crippen molar-refractivity contribution in [1.29, 1.82) is 0 Å². The first kappa shape index (κ1) is 12.6. The molecule has 3 atom stereocenters. The third-order valence-electron chi connectivity index (χ3n) is 4.06. The molecule has 17 heavy (non-hydrogen) atoms. The van der Waals surface area contributed by atoms with Gasteiger partial charge in [0.15, 0.2) is 0 Å². The Bertz CT molecular complexity index is 320. The molecule has 1 fully saturated rings. The van der Waals surface area contributed by atoms with Gasteiger partial charge in [-0.3, -0.25) is 0 Å². The summed E-state index contributed by atoms with van der Waals surface area (Å²) in [5.74, 6) is 2.50. The fourth-order valence-corrected chi connectivity index (χ4v) is 2.91. The minimum atomic E-state index is 0.620. The molecule has 1 aromatic rings. The first-order valence-corrected chi connectivity index (χ1v) is 7.01. The number of hydrogen-bond acceptors (Lipinski definition) is 1. The molecule has 1 aliphatic rings. The average molecular weight is 231 g/mol. The maximum absolute atomic E-state index is 3.65. The van der Waals surface area contributed by atoms with Crippen molar-refractivity contribution < 1.29 is 0 Å². The van der Waals surface area contributed by atoms with E-state index in [1.54, 1.807) is 0 Å². The van der Waals surface area contributed by atoms with Gasteiger partial charge in [0, 0.05) is 6.54 Å². The molecule has 0 aliphatic heterocycles. The van der Waals surface area contributed by atoms with E-state index in [0.717, 1.165) is 18.4 Å². The first-order valence-electron chi connectivity index (χ1n) is 7.01. The molecule has 94 valence electrons. The minimum absolute atomic E-state index is 0.620. The van der Waals surface area contributed by atoms with Gasteiger partial charge in [-0.25, -0.2) is 0 Å². The van der Waals surface area contributed by atoms with Crippen molar-refractivity contribution in [1.82, 2.24) is 5.32 Å². The Balaban J connectivity index is 1.68. The molecule has 0 amide bonds. The zero-order valence-electron chi connectivity index (χ0n) is 11.2. The normalized spacial score (nSPS) is 26.0. The smallest absolute Gasteiger partial charge is 0.00176 e. The standard InChI is InChI=1S/C16H25N/c1-13-8-9-15(10-13)12-17-11-14(2)16-6-4-3-5-7-16/h3-7,13-15,17H,8-12H2,1-2H3. The number of rotatable bonds is 5. The van der Waals surface area contributed by atoms with E-state index in [0.29, 0.717) is 5.92 Å². The van der Waals surface area contributed by atoms with E-state index in [2.05, 4.69) is 49.5 Å². The quantitative estimate of drug-likeness (QED) is 0.812. The summed E-state index contributed by atoms with van der Waals surface area (Å²) in [5, 5.41) is 3.65. The van der Waals surface area contributed by atoms with E-state index in [9.17, 15) is 0 Å². The van der Waals surface area contributed by atoms with Gasteiger partial charge in [0.05, 0.1) is 0 Å². The van der Waals surface area contributed by atoms with Gasteiger partial charge in [0.2, 0.25) is 0 Å². The molecule has 0 heterocycles. The van der Waals surface area contributed by atoms with Crippen LogP contribution >= 0.6 is 0 Å². The van der Waals surface area contributed by atoms with E-state index in [-0.39, 0.29) is 0 Å². The lowest BCUT2D eigenvalue weighted by atomic mass is 10.0. The number of benzene rings is 1. The fraction of sp³-hybridized carbons (Fsp3) is 0.625. The maximum Gasteiger partial charge on any atom is 0.00176 e. The summed E-state index contributed by atoms with van der Waals surface area (Å²) in [6.07, 6.45) is 4.28. The van der Waals surface area contributed by atoms with Gasteiger partial charge in [0.1, 0.15) is 0 Å². The summed E-state index contributed by atoms with van der Waals surface area (Å²) in [6.45, 7) is 7.00. The van der Waals surface area contributed by atoms with E-state index in [1.807, 2.05) is 0 Å². The van der Waals surface area contributed by atoms with Crippen LogP contribution in [-0.4, -0.2) is 13.1 Å². The Kier molecular flexibility index (Phi) is 4.61. The Morgan fingerprint density at radius 1 is 1.24 bits per heavy atom. The molecule has 1 heteroatoms. The van der Waals surface area contributed by atoms with Crippen molar-refractivity contribution in [3.8, 4) is 0 Å². The Hall–Kier alpha value is -0.820. The van der Waals surface area contributed by atoms with Crippen molar-refractivity contribution in [2.75, 3.05) is 13.1 Å². The molecule has 3 unspecified atom stereocenters. The lowest BCUT2D eigenvalue weighted by Crippen LogP contribution is -2.25. The van der Waals surface area contributed by atoms with Crippen LogP contribution in [0.15, 0.2) is 30.3 Å². The van der Waals surface area contributed by atoms with Gasteiger partial charge in [-0.1, -0.05) is 50.6 Å². The minimum Gasteiger partial charge on any atom is -0.316 e. The summed E-state index contributed by atoms with van der Waals surface area (Å²) < 4.78 is 0. The van der Waals surface area contributed by atoms with Crippen molar-refractivity contribution in [2.45, 2.75) is 39.0 Å². The summed E-state index contributed by atoms with van der Waals surface area (Å²) >= 11 is 0. The summed E-state index contributed by atoms with van der Waals surface area (Å²) in [4.78, 5) is 0. The van der Waals surface area contributed by atoms with Crippen molar-refractivity contribution in [3.05, 3.63) is 35.9 Å². The van der Waals surface area contributed by atoms with Gasteiger partial charge in [-0.2, -0.15) is 0 Å². The van der Waals surface area contributed by atoms with Crippen molar-refractivity contribution in [3.63, 3.8) is 0 Å². The lowest BCUT2D eigenvalue weighted by Gasteiger charge is -2.15. The van der Waals surface area contributed by atoms with Crippen LogP contribution in [0.1, 0.15) is 44.6 Å². The molecule has 1 N–H and O–H groups in total. The molecule has 2 rings (SSSR count). The monoisotopic (exact) mass is 231 g/mol. The highest BCUT2D eigenvalue weighted by Crippen LogP contribution is 2.29. The molecule has 0 saturated heterocycles. The third kappa shape index (κ3) is 3.85. The van der Waals surface area contributed by atoms with E-state index in [1.165, 1.54) is 31.4 Å². The first-order chi connectivity index (χ1) is 8.25. The van der Waals surface area contributed by atoms with Crippen molar-refractivity contribution >= 4 is 0 Å². The molecule has 1 aliphatic carbocycles.